The quantitative estimate of drug-likeness (QED) is 0.244. The number of hydrogen-bond acceptors (Lipinski definition) is 3. The van der Waals surface area contributed by atoms with Crippen LogP contribution in [0.1, 0.15) is 0 Å². The molecule has 1 aromatic carbocycles. The molecule has 3 nitrogen and oxygen atoms in total. The molecule has 0 fully saturated rings. The molecule has 0 saturated carbocycles. The van der Waals surface area contributed by atoms with Crippen LogP contribution in [-0.4, -0.2) is 22.4 Å². The average Bonchev–Trinajstić information content (AvgIpc) is 1.99. The largest absolute Gasteiger partial charge is 1.00 e. The molecule has 0 spiro atoms. The molecule has 0 aromatic heterocycles. The Morgan fingerprint density at radius 1 is 1.00 bits per heavy atom. The summed E-state index contributed by atoms with van der Waals surface area (Å²) in [5, 5.41) is 21.5. The number of rotatable bonds is 0. The van der Waals surface area contributed by atoms with Crippen molar-refractivity contribution < 1.29 is 57.8 Å². The van der Waals surface area contributed by atoms with Gasteiger partial charge in [0.15, 0.2) is 0 Å². The van der Waals surface area contributed by atoms with Gasteiger partial charge in [-0.1, -0.05) is 0 Å². The topological polar surface area (TPSA) is 60.7 Å². The second-order valence-corrected chi connectivity index (χ2v) is 1.81. The molecule has 0 aliphatic rings. The molecule has 0 aliphatic carbocycles. The van der Waals surface area contributed by atoms with Gasteiger partial charge in [0.25, 0.3) is 0 Å². The first kappa shape index (κ1) is 16.4. The molecule has 0 bridgehead atoms. The fourth-order valence-corrected chi connectivity index (χ4v) is 0.429. The Morgan fingerprint density at radius 2 is 1.29 bits per heavy atom. The summed E-state index contributed by atoms with van der Waals surface area (Å²) in [6, 6.07) is 3.55. The number of halogens is 3. The molecule has 0 aliphatic heterocycles. The maximum atomic E-state index is 12.0. The van der Waals surface area contributed by atoms with E-state index in [1.54, 1.807) is 0 Å². The Labute approximate surface area is 101 Å². The molecule has 8 heteroatoms. The molecule has 72 valence electrons. The third-order valence-electron chi connectivity index (χ3n) is 0.839. The van der Waals surface area contributed by atoms with Crippen LogP contribution in [0, 0.1) is 23.5 Å². The van der Waals surface area contributed by atoms with E-state index < -0.39 is 24.8 Å². The van der Waals surface area contributed by atoms with Gasteiger partial charge in [-0.2, -0.15) is 6.07 Å². The van der Waals surface area contributed by atoms with E-state index in [4.69, 9.17) is 15.1 Å². The molecular weight excluding hydrogens is 211 g/mol. The van der Waals surface area contributed by atoms with Crippen LogP contribution in [0.5, 0.6) is 0 Å². The Bertz CT molecular complexity index is 251. The first-order chi connectivity index (χ1) is 5.95. The van der Waals surface area contributed by atoms with Crippen molar-refractivity contribution in [3.63, 3.8) is 0 Å². The van der Waals surface area contributed by atoms with Crippen LogP contribution < -0.4 is 29.6 Å². The summed E-state index contributed by atoms with van der Waals surface area (Å²) in [4.78, 5) is 0. The molecule has 1 rings (SSSR count). The zero-order chi connectivity index (χ0) is 10.4. The maximum Gasteiger partial charge on any atom is 1.00 e. The van der Waals surface area contributed by atoms with Crippen LogP contribution >= 0.6 is 0 Å². The van der Waals surface area contributed by atoms with Gasteiger partial charge < -0.3 is 15.1 Å². The molecular formula is C6H5BF3NaO3. The molecule has 0 radical (unpaired) electrons. The predicted molar refractivity (Wildman–Crippen MR) is 37.6 cm³/mol. The first-order valence-corrected chi connectivity index (χ1v) is 3.00. The van der Waals surface area contributed by atoms with Gasteiger partial charge in [0.1, 0.15) is 0 Å². The van der Waals surface area contributed by atoms with E-state index in [0.717, 1.165) is 12.1 Å². The second-order valence-electron chi connectivity index (χ2n) is 1.81. The van der Waals surface area contributed by atoms with E-state index in [9.17, 15) is 13.2 Å². The second kappa shape index (κ2) is 8.28. The summed E-state index contributed by atoms with van der Waals surface area (Å²) in [6.07, 6.45) is 0. The molecule has 0 amide bonds. The van der Waals surface area contributed by atoms with Crippen molar-refractivity contribution in [1.29, 1.82) is 0 Å². The molecule has 0 unspecified atom stereocenters. The third-order valence-corrected chi connectivity index (χ3v) is 0.839. The Hall–Kier alpha value is -0.0451. The number of hydrogen-bond donors (Lipinski definition) is 3. The molecule has 0 heterocycles. The van der Waals surface area contributed by atoms with Crippen molar-refractivity contribution in [2.45, 2.75) is 0 Å². The Kier molecular flexibility index (Phi) is 9.69. The summed E-state index contributed by atoms with van der Waals surface area (Å²) in [5.74, 6) is -3.88. The minimum atomic E-state index is -2.17. The smallest absolute Gasteiger partial charge is 0.402 e. The van der Waals surface area contributed by atoms with Gasteiger partial charge >= 0.3 is 36.9 Å². The summed E-state index contributed by atoms with van der Waals surface area (Å²) in [5.41, 5.74) is 0. The van der Waals surface area contributed by atoms with Crippen molar-refractivity contribution in [2.24, 2.45) is 0 Å². The standard InChI is InChI=1S/C6H2F3.BH3O3.Na/c7-4-2-1-3-5(8)6(4)9;2-1(3)4;/h2-3H;2-4H;/q-1;;+1. The summed E-state index contributed by atoms with van der Waals surface area (Å²) < 4.78 is 35.8. The van der Waals surface area contributed by atoms with Crippen molar-refractivity contribution in [3.8, 4) is 0 Å². The minimum Gasteiger partial charge on any atom is -0.402 e. The predicted octanol–water partition coefficient (Wildman–Crippen LogP) is -3.14. The van der Waals surface area contributed by atoms with E-state index in [1.807, 2.05) is 0 Å². The summed E-state index contributed by atoms with van der Waals surface area (Å²) in [7, 11) is -2.17. The van der Waals surface area contributed by atoms with Crippen molar-refractivity contribution in [1.82, 2.24) is 0 Å². The molecule has 3 N–H and O–H groups in total. The van der Waals surface area contributed by atoms with Crippen LogP contribution in [0.2, 0.25) is 0 Å². The van der Waals surface area contributed by atoms with E-state index >= 15 is 0 Å². The van der Waals surface area contributed by atoms with E-state index in [-0.39, 0.29) is 29.6 Å². The fraction of sp³-hybridized carbons (Fsp3) is 0. The molecule has 14 heavy (non-hydrogen) atoms. The van der Waals surface area contributed by atoms with Gasteiger partial charge in [-0.15, -0.1) is 12.1 Å². The minimum absolute atomic E-state index is 0. The zero-order valence-electron chi connectivity index (χ0n) is 7.21. The first-order valence-electron chi connectivity index (χ1n) is 3.00. The van der Waals surface area contributed by atoms with Gasteiger partial charge in [-0.25, -0.2) is 4.39 Å². The molecule has 0 saturated heterocycles. The van der Waals surface area contributed by atoms with Crippen molar-refractivity contribution >= 4 is 7.32 Å². The normalized spacial score (nSPS) is 8.14. The zero-order valence-corrected chi connectivity index (χ0v) is 9.21. The van der Waals surface area contributed by atoms with Gasteiger partial charge in [-0.3, -0.25) is 8.78 Å². The Morgan fingerprint density at radius 3 is 1.50 bits per heavy atom. The van der Waals surface area contributed by atoms with Gasteiger partial charge in [0.05, 0.1) is 5.82 Å². The SMILES string of the molecule is Fc1c[c-]cc(F)c1F.OB(O)O.[Na+]. The van der Waals surface area contributed by atoms with E-state index in [0.29, 0.717) is 0 Å². The molecule has 1 aromatic rings. The van der Waals surface area contributed by atoms with Crippen LogP contribution in [0.15, 0.2) is 12.1 Å². The third kappa shape index (κ3) is 7.37. The van der Waals surface area contributed by atoms with E-state index in [2.05, 4.69) is 6.07 Å². The van der Waals surface area contributed by atoms with Crippen LogP contribution in [0.25, 0.3) is 0 Å². The van der Waals surface area contributed by atoms with Gasteiger partial charge in [-0.05, 0) is 0 Å². The summed E-state index contributed by atoms with van der Waals surface area (Å²) >= 11 is 0. The van der Waals surface area contributed by atoms with Gasteiger partial charge in [0, 0.05) is 11.6 Å². The van der Waals surface area contributed by atoms with Crippen molar-refractivity contribution in [3.05, 3.63) is 35.7 Å². The summed E-state index contributed by atoms with van der Waals surface area (Å²) in [6.45, 7) is 0. The Balaban J connectivity index is 0. The average molecular weight is 216 g/mol. The van der Waals surface area contributed by atoms with Crippen LogP contribution in [-0.2, 0) is 0 Å². The maximum absolute atomic E-state index is 12.0. The van der Waals surface area contributed by atoms with Crippen LogP contribution in [0.3, 0.4) is 0 Å². The van der Waals surface area contributed by atoms with E-state index in [1.165, 1.54) is 0 Å². The van der Waals surface area contributed by atoms with Gasteiger partial charge in [0.2, 0.25) is 0 Å². The monoisotopic (exact) mass is 216 g/mol. The fourth-order valence-electron chi connectivity index (χ4n) is 0.429. The number of benzene rings is 1. The van der Waals surface area contributed by atoms with Crippen molar-refractivity contribution in [2.75, 3.05) is 0 Å². The molecule has 0 atom stereocenters. The van der Waals surface area contributed by atoms with Crippen LogP contribution in [0.4, 0.5) is 13.2 Å².